The van der Waals surface area contributed by atoms with E-state index in [4.69, 9.17) is 0 Å². The molecule has 1 aromatic heterocycles. The number of pyridine rings is 1. The number of hydrogen-bond donors (Lipinski definition) is 0. The number of unbranched alkanes of at least 4 members (excludes halogenated alkanes) is 1. The number of rotatable bonds is 5. The van der Waals surface area contributed by atoms with E-state index in [1.165, 1.54) is 18.3 Å². The summed E-state index contributed by atoms with van der Waals surface area (Å²) in [5.41, 5.74) is 0.0864. The molecule has 0 atom stereocenters. The summed E-state index contributed by atoms with van der Waals surface area (Å²) in [7, 11) is 1.89. The second kappa shape index (κ2) is 5.29. The van der Waals surface area contributed by atoms with Gasteiger partial charge in [-0.1, -0.05) is 13.3 Å². The molecule has 1 heterocycles. The molecule has 82 valence electrons. The van der Waals surface area contributed by atoms with Gasteiger partial charge < -0.3 is 4.90 Å². The van der Waals surface area contributed by atoms with Crippen molar-refractivity contribution in [2.45, 2.75) is 19.8 Å². The van der Waals surface area contributed by atoms with E-state index < -0.39 is 4.92 Å². The minimum Gasteiger partial charge on any atom is -0.359 e. The van der Waals surface area contributed by atoms with Crippen LogP contribution in [0.25, 0.3) is 0 Å². The Morgan fingerprint density at radius 1 is 1.60 bits per heavy atom. The van der Waals surface area contributed by atoms with Gasteiger partial charge in [0.25, 0.3) is 5.69 Å². The van der Waals surface area contributed by atoms with Crippen molar-refractivity contribution in [3.8, 4) is 0 Å². The fraction of sp³-hybridized carbons (Fsp3) is 0.500. The van der Waals surface area contributed by atoms with Crippen LogP contribution in [0, 0.1) is 10.1 Å². The number of nitro groups is 1. The van der Waals surface area contributed by atoms with Crippen molar-refractivity contribution in [1.29, 1.82) is 0 Å². The van der Waals surface area contributed by atoms with Crippen LogP contribution in [0.1, 0.15) is 19.8 Å². The van der Waals surface area contributed by atoms with Gasteiger partial charge >= 0.3 is 0 Å². The number of aromatic nitrogens is 1. The maximum Gasteiger partial charge on any atom is 0.274 e. The average molecular weight is 209 g/mol. The highest BCUT2D eigenvalue weighted by Gasteiger charge is 2.09. The molecule has 0 saturated heterocycles. The van der Waals surface area contributed by atoms with Crippen molar-refractivity contribution >= 4 is 11.5 Å². The van der Waals surface area contributed by atoms with E-state index in [0.717, 1.165) is 19.4 Å². The fourth-order valence-electron chi connectivity index (χ4n) is 1.24. The minimum absolute atomic E-state index is 0.0864. The van der Waals surface area contributed by atoms with Gasteiger partial charge in [0.15, 0.2) is 0 Å². The molecule has 0 saturated carbocycles. The minimum atomic E-state index is -0.404. The van der Waals surface area contributed by atoms with Crippen molar-refractivity contribution in [1.82, 2.24) is 4.98 Å². The van der Waals surface area contributed by atoms with Gasteiger partial charge in [0.1, 0.15) is 5.82 Å². The van der Waals surface area contributed by atoms with Gasteiger partial charge in [-0.25, -0.2) is 4.98 Å². The van der Waals surface area contributed by atoms with E-state index in [1.54, 1.807) is 0 Å². The molecule has 0 aromatic carbocycles. The maximum absolute atomic E-state index is 10.5. The van der Waals surface area contributed by atoms with Crippen LogP contribution in [-0.2, 0) is 0 Å². The van der Waals surface area contributed by atoms with E-state index in [1.807, 2.05) is 11.9 Å². The third-order valence-corrected chi connectivity index (χ3v) is 2.18. The quantitative estimate of drug-likeness (QED) is 0.551. The van der Waals surface area contributed by atoms with Gasteiger partial charge in [-0.05, 0) is 6.42 Å². The molecule has 1 rings (SSSR count). The van der Waals surface area contributed by atoms with E-state index in [-0.39, 0.29) is 5.69 Å². The lowest BCUT2D eigenvalue weighted by atomic mass is 10.3. The highest BCUT2D eigenvalue weighted by atomic mass is 16.6. The molecule has 15 heavy (non-hydrogen) atoms. The molecule has 0 radical (unpaired) electrons. The topological polar surface area (TPSA) is 59.3 Å². The van der Waals surface area contributed by atoms with Crippen LogP contribution in [0.15, 0.2) is 18.3 Å². The molecule has 0 bridgehead atoms. The molecule has 0 fully saturated rings. The first-order valence-electron chi connectivity index (χ1n) is 4.96. The molecule has 0 spiro atoms. The lowest BCUT2D eigenvalue weighted by molar-refractivity contribution is -0.384. The Kier molecular flexibility index (Phi) is 4.03. The van der Waals surface area contributed by atoms with Crippen molar-refractivity contribution in [3.05, 3.63) is 28.4 Å². The first-order valence-corrected chi connectivity index (χ1v) is 4.96. The summed E-state index contributed by atoms with van der Waals surface area (Å²) < 4.78 is 0. The molecule has 0 unspecified atom stereocenters. The summed E-state index contributed by atoms with van der Waals surface area (Å²) in [6, 6.07) is 2.90. The van der Waals surface area contributed by atoms with Crippen LogP contribution in [0.4, 0.5) is 11.5 Å². The van der Waals surface area contributed by atoms with Crippen LogP contribution >= 0.6 is 0 Å². The standard InChI is InChI=1S/C10H15N3O2/c1-3-4-7-12(2)10-8-9(13(14)15)5-6-11-10/h5-6,8H,3-4,7H2,1-2H3. The maximum atomic E-state index is 10.5. The zero-order valence-corrected chi connectivity index (χ0v) is 9.01. The van der Waals surface area contributed by atoms with E-state index in [0.29, 0.717) is 5.82 Å². The number of hydrogen-bond acceptors (Lipinski definition) is 4. The first-order chi connectivity index (χ1) is 7.15. The van der Waals surface area contributed by atoms with Crippen LogP contribution in [0.5, 0.6) is 0 Å². The molecule has 0 aliphatic heterocycles. The van der Waals surface area contributed by atoms with Crippen LogP contribution in [0.2, 0.25) is 0 Å². The predicted octanol–water partition coefficient (Wildman–Crippen LogP) is 2.23. The largest absolute Gasteiger partial charge is 0.359 e. The summed E-state index contributed by atoms with van der Waals surface area (Å²) in [5, 5.41) is 10.5. The smallest absolute Gasteiger partial charge is 0.274 e. The normalized spacial score (nSPS) is 10.0. The van der Waals surface area contributed by atoms with Gasteiger partial charge in [-0.2, -0.15) is 0 Å². The molecule has 0 N–H and O–H groups in total. The lowest BCUT2D eigenvalue weighted by Gasteiger charge is -2.16. The highest BCUT2D eigenvalue weighted by molar-refractivity contribution is 5.45. The summed E-state index contributed by atoms with van der Waals surface area (Å²) in [5.74, 6) is 0.651. The molecular weight excluding hydrogens is 194 g/mol. The third-order valence-electron chi connectivity index (χ3n) is 2.18. The summed E-state index contributed by atoms with van der Waals surface area (Å²) >= 11 is 0. The number of nitrogens with zero attached hydrogens (tertiary/aromatic N) is 3. The Morgan fingerprint density at radius 2 is 2.33 bits per heavy atom. The van der Waals surface area contributed by atoms with Crippen molar-refractivity contribution in [2.24, 2.45) is 0 Å². The Morgan fingerprint density at radius 3 is 2.93 bits per heavy atom. The monoisotopic (exact) mass is 209 g/mol. The van der Waals surface area contributed by atoms with Crippen molar-refractivity contribution < 1.29 is 4.92 Å². The first kappa shape index (κ1) is 11.4. The Labute approximate surface area is 88.9 Å². The summed E-state index contributed by atoms with van der Waals surface area (Å²) in [4.78, 5) is 16.2. The van der Waals surface area contributed by atoms with Crippen molar-refractivity contribution in [2.75, 3.05) is 18.5 Å². The van der Waals surface area contributed by atoms with Gasteiger partial charge in [-0.3, -0.25) is 10.1 Å². The van der Waals surface area contributed by atoms with E-state index >= 15 is 0 Å². The lowest BCUT2D eigenvalue weighted by Crippen LogP contribution is -2.19. The van der Waals surface area contributed by atoms with Gasteiger partial charge in [0.05, 0.1) is 11.0 Å². The zero-order valence-electron chi connectivity index (χ0n) is 9.01. The predicted molar refractivity (Wildman–Crippen MR) is 59.1 cm³/mol. The molecule has 0 aliphatic carbocycles. The van der Waals surface area contributed by atoms with Crippen LogP contribution in [0.3, 0.4) is 0 Å². The Hall–Kier alpha value is -1.65. The van der Waals surface area contributed by atoms with Crippen molar-refractivity contribution in [3.63, 3.8) is 0 Å². The average Bonchev–Trinajstić information content (AvgIpc) is 2.26. The molecule has 5 heteroatoms. The molecule has 1 aromatic rings. The van der Waals surface area contributed by atoms with Crippen LogP contribution < -0.4 is 4.90 Å². The number of anilines is 1. The highest BCUT2D eigenvalue weighted by Crippen LogP contribution is 2.17. The van der Waals surface area contributed by atoms with E-state index in [2.05, 4.69) is 11.9 Å². The fourth-order valence-corrected chi connectivity index (χ4v) is 1.24. The van der Waals surface area contributed by atoms with Crippen LogP contribution in [-0.4, -0.2) is 23.5 Å². The Balaban J connectivity index is 2.76. The molecular formula is C10H15N3O2. The summed E-state index contributed by atoms with van der Waals surface area (Å²) in [6.07, 6.45) is 3.62. The SMILES string of the molecule is CCCCN(C)c1cc([N+](=O)[O-])ccn1. The zero-order chi connectivity index (χ0) is 11.3. The van der Waals surface area contributed by atoms with E-state index in [9.17, 15) is 10.1 Å². The Bertz CT molecular complexity index is 341. The summed E-state index contributed by atoms with van der Waals surface area (Å²) in [6.45, 7) is 2.97. The third kappa shape index (κ3) is 3.19. The van der Waals surface area contributed by atoms with Gasteiger partial charge in [-0.15, -0.1) is 0 Å². The van der Waals surface area contributed by atoms with Gasteiger partial charge in [0, 0.05) is 25.9 Å². The second-order valence-corrected chi connectivity index (χ2v) is 3.40. The molecule has 5 nitrogen and oxygen atoms in total. The molecule has 0 amide bonds. The van der Waals surface area contributed by atoms with Gasteiger partial charge in [0.2, 0.25) is 0 Å². The molecule has 0 aliphatic rings. The second-order valence-electron chi connectivity index (χ2n) is 3.40.